The van der Waals surface area contributed by atoms with Gasteiger partial charge in [-0.15, -0.1) is 0 Å². The molecule has 0 saturated heterocycles. The molecule has 0 radical (unpaired) electrons. The first kappa shape index (κ1) is 16.6. The lowest BCUT2D eigenvalue weighted by molar-refractivity contribution is -0.114. The quantitative estimate of drug-likeness (QED) is 0.769. The summed E-state index contributed by atoms with van der Waals surface area (Å²) in [5, 5.41) is 5.91. The third kappa shape index (κ3) is 5.18. The highest BCUT2D eigenvalue weighted by Crippen LogP contribution is 2.27. The van der Waals surface area contributed by atoms with Crippen molar-refractivity contribution in [2.24, 2.45) is 0 Å². The molecule has 2 aromatic rings. The molecule has 0 aromatic heterocycles. The molecule has 5 nitrogen and oxygen atoms in total. The van der Waals surface area contributed by atoms with Gasteiger partial charge in [-0.05, 0) is 24.3 Å². The number of carbonyl (C=O) groups is 1. The standard InChI is InChI=1S/C17H19FN2O3/c1-12(21)20-16-7-6-14(22-2)11-17(16)19-8-9-23-15-5-3-4-13(18)10-15/h3-7,10-11,19H,8-9H2,1-2H3,(H,20,21). The van der Waals surface area contributed by atoms with E-state index >= 15 is 0 Å². The van der Waals surface area contributed by atoms with E-state index in [4.69, 9.17) is 9.47 Å². The van der Waals surface area contributed by atoms with Gasteiger partial charge in [-0.3, -0.25) is 4.79 Å². The zero-order valence-electron chi connectivity index (χ0n) is 13.1. The number of methoxy groups -OCH3 is 1. The monoisotopic (exact) mass is 318 g/mol. The van der Waals surface area contributed by atoms with Gasteiger partial charge in [0.05, 0.1) is 18.5 Å². The predicted octanol–water partition coefficient (Wildman–Crippen LogP) is 3.28. The molecule has 0 spiro atoms. The van der Waals surface area contributed by atoms with E-state index < -0.39 is 0 Å². The second-order valence-corrected chi connectivity index (χ2v) is 4.83. The average Bonchev–Trinajstić information content (AvgIpc) is 2.52. The van der Waals surface area contributed by atoms with Gasteiger partial charge in [0.15, 0.2) is 0 Å². The lowest BCUT2D eigenvalue weighted by atomic mass is 10.2. The number of halogens is 1. The van der Waals surface area contributed by atoms with Crippen LogP contribution in [-0.4, -0.2) is 26.2 Å². The van der Waals surface area contributed by atoms with Crippen molar-refractivity contribution in [2.45, 2.75) is 6.92 Å². The summed E-state index contributed by atoms with van der Waals surface area (Å²) < 4.78 is 23.7. The molecule has 0 saturated carbocycles. The van der Waals surface area contributed by atoms with Gasteiger partial charge in [0, 0.05) is 25.6 Å². The fourth-order valence-electron chi connectivity index (χ4n) is 2.01. The van der Waals surface area contributed by atoms with E-state index in [1.54, 1.807) is 37.4 Å². The van der Waals surface area contributed by atoms with Crippen molar-refractivity contribution in [3.8, 4) is 11.5 Å². The molecule has 0 aliphatic carbocycles. The molecule has 0 atom stereocenters. The van der Waals surface area contributed by atoms with Crippen molar-refractivity contribution < 1.29 is 18.7 Å². The zero-order valence-corrected chi connectivity index (χ0v) is 13.1. The lowest BCUT2D eigenvalue weighted by Gasteiger charge is -2.14. The van der Waals surface area contributed by atoms with Crippen LogP contribution >= 0.6 is 0 Å². The lowest BCUT2D eigenvalue weighted by Crippen LogP contribution is -2.14. The number of anilines is 2. The SMILES string of the molecule is COc1ccc(NC(C)=O)c(NCCOc2cccc(F)c2)c1. The Labute approximate surface area is 134 Å². The van der Waals surface area contributed by atoms with Crippen molar-refractivity contribution in [3.05, 3.63) is 48.3 Å². The molecule has 0 bridgehead atoms. The van der Waals surface area contributed by atoms with Gasteiger partial charge in [0.1, 0.15) is 23.9 Å². The Kier molecular flexibility index (Phi) is 5.80. The largest absolute Gasteiger partial charge is 0.497 e. The third-order valence-corrected chi connectivity index (χ3v) is 3.02. The Morgan fingerprint density at radius 1 is 1.13 bits per heavy atom. The van der Waals surface area contributed by atoms with Crippen LogP contribution in [0.1, 0.15) is 6.92 Å². The highest BCUT2D eigenvalue weighted by atomic mass is 19.1. The Morgan fingerprint density at radius 2 is 1.96 bits per heavy atom. The molecule has 0 heterocycles. The Hall–Kier alpha value is -2.76. The number of hydrogen-bond acceptors (Lipinski definition) is 4. The van der Waals surface area contributed by atoms with Crippen LogP contribution in [0.5, 0.6) is 11.5 Å². The van der Waals surface area contributed by atoms with Gasteiger partial charge in [-0.1, -0.05) is 6.07 Å². The second kappa shape index (κ2) is 8.03. The van der Waals surface area contributed by atoms with E-state index in [9.17, 15) is 9.18 Å². The van der Waals surface area contributed by atoms with Crippen LogP contribution in [-0.2, 0) is 4.79 Å². The first-order valence-corrected chi connectivity index (χ1v) is 7.16. The molecule has 0 fully saturated rings. The van der Waals surface area contributed by atoms with Crippen molar-refractivity contribution in [2.75, 3.05) is 30.9 Å². The van der Waals surface area contributed by atoms with E-state index in [1.165, 1.54) is 19.1 Å². The van der Waals surface area contributed by atoms with Crippen molar-refractivity contribution >= 4 is 17.3 Å². The summed E-state index contributed by atoms with van der Waals surface area (Å²) in [6, 6.07) is 11.3. The number of nitrogens with one attached hydrogen (secondary N) is 2. The van der Waals surface area contributed by atoms with E-state index in [0.29, 0.717) is 30.3 Å². The smallest absolute Gasteiger partial charge is 0.221 e. The molecule has 2 aromatic carbocycles. The highest BCUT2D eigenvalue weighted by Gasteiger charge is 2.06. The van der Waals surface area contributed by atoms with Crippen LogP contribution in [0.25, 0.3) is 0 Å². The number of hydrogen-bond donors (Lipinski definition) is 2. The van der Waals surface area contributed by atoms with Crippen LogP contribution in [0.2, 0.25) is 0 Å². The highest BCUT2D eigenvalue weighted by molar-refractivity contribution is 5.92. The molecule has 0 aliphatic heterocycles. The maximum Gasteiger partial charge on any atom is 0.221 e. The Bertz CT molecular complexity index is 677. The molecule has 2 N–H and O–H groups in total. The van der Waals surface area contributed by atoms with Crippen LogP contribution in [0.15, 0.2) is 42.5 Å². The predicted molar refractivity (Wildman–Crippen MR) is 87.7 cm³/mol. The van der Waals surface area contributed by atoms with E-state index in [0.717, 1.165) is 5.69 Å². The molecule has 122 valence electrons. The normalized spacial score (nSPS) is 10.0. The fourth-order valence-corrected chi connectivity index (χ4v) is 2.01. The zero-order chi connectivity index (χ0) is 16.7. The Balaban J connectivity index is 1.94. The molecule has 23 heavy (non-hydrogen) atoms. The summed E-state index contributed by atoms with van der Waals surface area (Å²) >= 11 is 0. The minimum Gasteiger partial charge on any atom is -0.497 e. The van der Waals surface area contributed by atoms with Crippen molar-refractivity contribution in [1.29, 1.82) is 0 Å². The maximum absolute atomic E-state index is 13.0. The number of rotatable bonds is 7. The van der Waals surface area contributed by atoms with E-state index in [1.807, 2.05) is 0 Å². The molecule has 0 aliphatic rings. The molecule has 1 amide bonds. The number of benzene rings is 2. The first-order chi connectivity index (χ1) is 11.1. The summed E-state index contributed by atoms with van der Waals surface area (Å²) in [4.78, 5) is 11.2. The first-order valence-electron chi connectivity index (χ1n) is 7.16. The summed E-state index contributed by atoms with van der Waals surface area (Å²) in [5.74, 6) is 0.651. The molecular formula is C17H19FN2O3. The summed E-state index contributed by atoms with van der Waals surface area (Å²) in [5.41, 5.74) is 1.38. The van der Waals surface area contributed by atoms with E-state index in [2.05, 4.69) is 10.6 Å². The summed E-state index contributed by atoms with van der Waals surface area (Å²) in [6.07, 6.45) is 0. The second-order valence-electron chi connectivity index (χ2n) is 4.83. The minimum atomic E-state index is -0.337. The van der Waals surface area contributed by atoms with Gasteiger partial charge in [-0.25, -0.2) is 4.39 Å². The van der Waals surface area contributed by atoms with Gasteiger partial charge < -0.3 is 20.1 Å². The van der Waals surface area contributed by atoms with Gasteiger partial charge >= 0.3 is 0 Å². The summed E-state index contributed by atoms with van der Waals surface area (Å²) in [7, 11) is 1.57. The van der Waals surface area contributed by atoms with Crippen LogP contribution in [0.4, 0.5) is 15.8 Å². The van der Waals surface area contributed by atoms with Crippen LogP contribution < -0.4 is 20.1 Å². The molecule has 2 rings (SSSR count). The molecular weight excluding hydrogens is 299 g/mol. The molecule has 0 unspecified atom stereocenters. The van der Waals surface area contributed by atoms with Crippen molar-refractivity contribution in [3.63, 3.8) is 0 Å². The fraction of sp³-hybridized carbons (Fsp3) is 0.235. The van der Waals surface area contributed by atoms with Gasteiger partial charge in [0.2, 0.25) is 5.91 Å². The average molecular weight is 318 g/mol. The minimum absolute atomic E-state index is 0.158. The number of ether oxygens (including phenoxy) is 2. The van der Waals surface area contributed by atoms with Gasteiger partial charge in [0.25, 0.3) is 0 Å². The van der Waals surface area contributed by atoms with Crippen LogP contribution in [0.3, 0.4) is 0 Å². The van der Waals surface area contributed by atoms with Crippen molar-refractivity contribution in [1.82, 2.24) is 0 Å². The van der Waals surface area contributed by atoms with Gasteiger partial charge in [-0.2, -0.15) is 0 Å². The third-order valence-electron chi connectivity index (χ3n) is 3.02. The van der Waals surface area contributed by atoms with Crippen LogP contribution in [0, 0.1) is 5.82 Å². The number of carbonyl (C=O) groups excluding carboxylic acids is 1. The maximum atomic E-state index is 13.0. The molecule has 6 heteroatoms. The topological polar surface area (TPSA) is 59.6 Å². The Morgan fingerprint density at radius 3 is 2.65 bits per heavy atom. The summed E-state index contributed by atoms with van der Waals surface area (Å²) in [6.45, 7) is 2.28. The van der Waals surface area contributed by atoms with E-state index in [-0.39, 0.29) is 11.7 Å². The number of amides is 1.